The predicted octanol–water partition coefficient (Wildman–Crippen LogP) is 2.44. The highest BCUT2D eigenvalue weighted by Gasteiger charge is 2.12. The van der Waals surface area contributed by atoms with Gasteiger partial charge in [-0.1, -0.05) is 36.4 Å². The Balaban J connectivity index is 1.51. The first-order valence-corrected chi connectivity index (χ1v) is 9.50. The highest BCUT2D eigenvalue weighted by molar-refractivity contribution is 6.35. The van der Waals surface area contributed by atoms with Gasteiger partial charge in [0.05, 0.1) is 13.3 Å². The lowest BCUT2D eigenvalue weighted by molar-refractivity contribution is -0.139. The fourth-order valence-electron chi connectivity index (χ4n) is 2.60. The normalized spacial score (nSPS) is 10.5. The number of carbonyl (C=O) groups excluding carboxylic acids is 2. The number of methoxy groups -OCH3 is 1. The lowest BCUT2D eigenvalue weighted by Gasteiger charge is -2.11. The van der Waals surface area contributed by atoms with Crippen LogP contribution in [-0.2, 0) is 22.7 Å². The van der Waals surface area contributed by atoms with E-state index in [1.165, 1.54) is 6.21 Å². The Labute approximate surface area is 179 Å². The Hall–Kier alpha value is -4.20. The van der Waals surface area contributed by atoms with E-state index in [-0.39, 0.29) is 6.54 Å². The molecule has 2 aromatic carbocycles. The van der Waals surface area contributed by atoms with Crippen molar-refractivity contribution in [3.8, 4) is 11.5 Å². The number of nitrogens with zero attached hydrogens (tertiary/aromatic N) is 2. The summed E-state index contributed by atoms with van der Waals surface area (Å²) in [6.07, 6.45) is 4.65. The molecule has 3 aromatic rings. The molecule has 0 saturated heterocycles. The number of hydrogen-bond acceptors (Lipinski definition) is 6. The minimum absolute atomic E-state index is 0.200. The molecule has 2 amide bonds. The number of pyridine rings is 1. The average molecular weight is 418 g/mol. The number of amides is 2. The minimum atomic E-state index is -0.866. The van der Waals surface area contributed by atoms with E-state index in [0.717, 1.165) is 11.1 Å². The molecule has 0 aliphatic rings. The van der Waals surface area contributed by atoms with Crippen LogP contribution in [0.2, 0.25) is 0 Å². The minimum Gasteiger partial charge on any atom is -0.493 e. The van der Waals surface area contributed by atoms with E-state index in [2.05, 4.69) is 20.8 Å². The third-order valence-electron chi connectivity index (χ3n) is 4.19. The number of aromatic nitrogens is 1. The fraction of sp³-hybridized carbons (Fsp3) is 0.130. The predicted molar refractivity (Wildman–Crippen MR) is 116 cm³/mol. The van der Waals surface area contributed by atoms with Crippen LogP contribution in [0.25, 0.3) is 0 Å². The van der Waals surface area contributed by atoms with Crippen LogP contribution in [0.5, 0.6) is 11.5 Å². The molecule has 1 heterocycles. The lowest BCUT2D eigenvalue weighted by Crippen LogP contribution is -2.37. The second kappa shape index (κ2) is 11.1. The van der Waals surface area contributed by atoms with Crippen LogP contribution >= 0.6 is 0 Å². The van der Waals surface area contributed by atoms with Gasteiger partial charge in [-0.2, -0.15) is 5.10 Å². The molecule has 0 bridgehead atoms. The third-order valence-corrected chi connectivity index (χ3v) is 4.19. The zero-order valence-electron chi connectivity index (χ0n) is 16.9. The monoisotopic (exact) mass is 418 g/mol. The molecule has 0 unspecified atom stereocenters. The molecule has 0 aliphatic heterocycles. The first kappa shape index (κ1) is 21.5. The number of carbonyl (C=O) groups is 2. The van der Waals surface area contributed by atoms with Crippen molar-refractivity contribution in [1.29, 1.82) is 0 Å². The molecule has 0 saturated carbocycles. The molecular formula is C23H22N4O4. The lowest BCUT2D eigenvalue weighted by atomic mass is 10.2. The summed E-state index contributed by atoms with van der Waals surface area (Å²) in [6, 6.07) is 18.6. The standard InChI is InChI=1S/C23H22N4O4/c1-30-21-12-18(9-10-20(21)31-16-17-6-3-2-4-7-17)15-26-27-23(29)22(28)25-14-19-8-5-11-24-13-19/h2-13,15H,14,16H2,1H3,(H,25,28)(H,27,29)/b26-15+. The van der Waals surface area contributed by atoms with E-state index >= 15 is 0 Å². The summed E-state index contributed by atoms with van der Waals surface area (Å²) in [7, 11) is 1.54. The van der Waals surface area contributed by atoms with Gasteiger partial charge in [0.25, 0.3) is 0 Å². The van der Waals surface area contributed by atoms with Crippen molar-refractivity contribution in [1.82, 2.24) is 15.7 Å². The van der Waals surface area contributed by atoms with E-state index in [4.69, 9.17) is 9.47 Å². The van der Waals surface area contributed by atoms with E-state index in [9.17, 15) is 9.59 Å². The highest BCUT2D eigenvalue weighted by atomic mass is 16.5. The molecular weight excluding hydrogens is 396 g/mol. The highest BCUT2D eigenvalue weighted by Crippen LogP contribution is 2.28. The number of hydrogen-bond donors (Lipinski definition) is 2. The van der Waals surface area contributed by atoms with Crippen LogP contribution in [0, 0.1) is 0 Å². The largest absolute Gasteiger partial charge is 0.493 e. The summed E-state index contributed by atoms with van der Waals surface area (Å²) < 4.78 is 11.2. The Bertz CT molecular complexity index is 1040. The molecule has 0 spiro atoms. The SMILES string of the molecule is COc1cc(/C=N/NC(=O)C(=O)NCc2cccnc2)ccc1OCc1ccccc1. The molecule has 0 fully saturated rings. The van der Waals surface area contributed by atoms with E-state index in [1.54, 1.807) is 49.8 Å². The van der Waals surface area contributed by atoms with Crippen molar-refractivity contribution in [3.63, 3.8) is 0 Å². The van der Waals surface area contributed by atoms with Gasteiger partial charge in [-0.15, -0.1) is 0 Å². The van der Waals surface area contributed by atoms with Crippen LogP contribution < -0.4 is 20.2 Å². The van der Waals surface area contributed by atoms with Crippen LogP contribution in [0.1, 0.15) is 16.7 Å². The average Bonchev–Trinajstić information content (AvgIpc) is 2.82. The Kier molecular flexibility index (Phi) is 7.70. The van der Waals surface area contributed by atoms with E-state index < -0.39 is 11.8 Å². The van der Waals surface area contributed by atoms with Crippen molar-refractivity contribution in [3.05, 3.63) is 89.7 Å². The molecule has 8 nitrogen and oxygen atoms in total. The topological polar surface area (TPSA) is 102 Å². The van der Waals surface area contributed by atoms with Crippen LogP contribution in [-0.4, -0.2) is 30.1 Å². The molecule has 0 aliphatic carbocycles. The second-order valence-electron chi connectivity index (χ2n) is 6.43. The van der Waals surface area contributed by atoms with Crippen molar-refractivity contribution in [2.24, 2.45) is 5.10 Å². The maximum atomic E-state index is 11.9. The van der Waals surface area contributed by atoms with Gasteiger partial charge < -0.3 is 14.8 Å². The molecule has 0 radical (unpaired) electrons. The number of nitrogens with one attached hydrogen (secondary N) is 2. The summed E-state index contributed by atoms with van der Waals surface area (Å²) in [5.74, 6) is -0.541. The van der Waals surface area contributed by atoms with Gasteiger partial charge in [0.2, 0.25) is 0 Å². The van der Waals surface area contributed by atoms with Gasteiger partial charge in [0, 0.05) is 18.9 Å². The fourth-order valence-corrected chi connectivity index (χ4v) is 2.60. The number of rotatable bonds is 8. The third kappa shape index (κ3) is 6.67. The molecule has 1 aromatic heterocycles. The Morgan fingerprint density at radius 3 is 2.55 bits per heavy atom. The maximum absolute atomic E-state index is 11.9. The van der Waals surface area contributed by atoms with Crippen molar-refractivity contribution < 1.29 is 19.1 Å². The van der Waals surface area contributed by atoms with Crippen molar-refractivity contribution in [2.75, 3.05) is 7.11 Å². The number of hydrazone groups is 1. The first-order valence-electron chi connectivity index (χ1n) is 9.50. The zero-order valence-corrected chi connectivity index (χ0v) is 16.9. The summed E-state index contributed by atoms with van der Waals surface area (Å²) in [4.78, 5) is 27.6. The molecule has 8 heteroatoms. The Morgan fingerprint density at radius 1 is 1.00 bits per heavy atom. The smallest absolute Gasteiger partial charge is 0.329 e. The van der Waals surface area contributed by atoms with Crippen molar-refractivity contribution in [2.45, 2.75) is 13.2 Å². The molecule has 31 heavy (non-hydrogen) atoms. The summed E-state index contributed by atoms with van der Waals surface area (Å²) in [5, 5.41) is 6.32. The van der Waals surface area contributed by atoms with Gasteiger partial charge >= 0.3 is 11.8 Å². The quantitative estimate of drug-likeness (QED) is 0.332. The van der Waals surface area contributed by atoms with Crippen molar-refractivity contribution >= 4 is 18.0 Å². The zero-order chi connectivity index (χ0) is 21.9. The Morgan fingerprint density at radius 2 is 1.81 bits per heavy atom. The maximum Gasteiger partial charge on any atom is 0.329 e. The molecule has 3 rings (SSSR count). The van der Waals surface area contributed by atoms with Crippen LogP contribution in [0.15, 0.2) is 78.2 Å². The molecule has 158 valence electrons. The van der Waals surface area contributed by atoms with Gasteiger partial charge in [-0.3, -0.25) is 14.6 Å². The summed E-state index contributed by atoms with van der Waals surface area (Å²) in [5.41, 5.74) is 4.69. The van der Waals surface area contributed by atoms with E-state index in [0.29, 0.717) is 23.7 Å². The van der Waals surface area contributed by atoms with Gasteiger partial charge in [-0.25, -0.2) is 5.43 Å². The molecule has 2 N–H and O–H groups in total. The summed E-state index contributed by atoms with van der Waals surface area (Å²) in [6.45, 7) is 0.611. The van der Waals surface area contributed by atoms with Gasteiger partial charge in [-0.05, 0) is 41.0 Å². The van der Waals surface area contributed by atoms with Crippen LogP contribution in [0.4, 0.5) is 0 Å². The summed E-state index contributed by atoms with van der Waals surface area (Å²) >= 11 is 0. The number of ether oxygens (including phenoxy) is 2. The van der Waals surface area contributed by atoms with E-state index in [1.807, 2.05) is 30.3 Å². The molecule has 0 atom stereocenters. The van der Waals surface area contributed by atoms with Gasteiger partial charge in [0.1, 0.15) is 6.61 Å². The van der Waals surface area contributed by atoms with Crippen LogP contribution in [0.3, 0.4) is 0 Å². The first-order chi connectivity index (χ1) is 15.2. The van der Waals surface area contributed by atoms with Gasteiger partial charge in [0.15, 0.2) is 11.5 Å². The second-order valence-corrected chi connectivity index (χ2v) is 6.43. The number of benzene rings is 2.